The molecule has 0 bridgehead atoms. The first-order valence-electron chi connectivity index (χ1n) is 12.0. The molecule has 0 radical (unpaired) electrons. The third kappa shape index (κ3) is 6.77. The van der Waals surface area contributed by atoms with E-state index in [2.05, 4.69) is 24.5 Å². The maximum Gasteiger partial charge on any atom is 0.298 e. The standard InChI is InChI=1S/C28H28ClFN5O2P/c1-4-5-14-34(3)26-18(2)35(17-19-6-8-20(29)9-7-19)28(33-27(26)36)31-21-10-12-22(13-11-21)37-25-16-23(38)15-24(30)32-25/h5-16H,4,17,38H2,1-3H3,(H,31,33,36)/b14-5-. The molecule has 196 valence electrons. The first-order valence-corrected chi connectivity index (χ1v) is 12.9. The molecule has 2 heterocycles. The van der Waals surface area contributed by atoms with E-state index in [0.29, 0.717) is 39.9 Å². The van der Waals surface area contributed by atoms with Gasteiger partial charge in [-0.1, -0.05) is 36.7 Å². The van der Waals surface area contributed by atoms with Gasteiger partial charge in [-0.25, -0.2) is 0 Å². The Morgan fingerprint density at radius 3 is 2.50 bits per heavy atom. The number of rotatable bonds is 9. The quantitative estimate of drug-likeness (QED) is 0.198. The number of anilines is 3. The number of pyridine rings is 1. The van der Waals surface area contributed by atoms with Crippen LogP contribution < -0.4 is 25.8 Å². The molecule has 0 spiro atoms. The predicted octanol–water partition coefficient (Wildman–Crippen LogP) is 6.18. The minimum atomic E-state index is -0.620. The molecular weight excluding hydrogens is 524 g/mol. The topological polar surface area (TPSA) is 72.3 Å². The van der Waals surface area contributed by atoms with Gasteiger partial charge in [0.15, 0.2) is 0 Å². The van der Waals surface area contributed by atoms with Crippen molar-refractivity contribution in [3.05, 3.63) is 106 Å². The lowest BCUT2D eigenvalue weighted by atomic mass is 10.2. The highest BCUT2D eigenvalue weighted by Gasteiger charge is 2.17. The zero-order valence-corrected chi connectivity index (χ0v) is 23.2. The van der Waals surface area contributed by atoms with Gasteiger partial charge < -0.3 is 19.5 Å². The Bertz CT molecular complexity index is 1490. The van der Waals surface area contributed by atoms with Gasteiger partial charge in [-0.05, 0) is 66.8 Å². The summed E-state index contributed by atoms with van der Waals surface area (Å²) in [5.41, 5.74) is 2.61. The van der Waals surface area contributed by atoms with E-state index in [4.69, 9.17) is 16.3 Å². The van der Waals surface area contributed by atoms with Crippen LogP contribution in [0.3, 0.4) is 0 Å². The molecule has 10 heteroatoms. The third-order valence-electron chi connectivity index (χ3n) is 5.71. The molecule has 7 nitrogen and oxygen atoms in total. The second-order valence-electron chi connectivity index (χ2n) is 8.60. The molecule has 38 heavy (non-hydrogen) atoms. The van der Waals surface area contributed by atoms with Crippen LogP contribution in [-0.4, -0.2) is 21.6 Å². The zero-order valence-electron chi connectivity index (χ0n) is 21.3. The number of hydrogen-bond acceptors (Lipinski definition) is 6. The van der Waals surface area contributed by atoms with Crippen LogP contribution in [0.1, 0.15) is 24.6 Å². The lowest BCUT2D eigenvalue weighted by molar-refractivity contribution is 0.446. The number of benzene rings is 2. The highest BCUT2D eigenvalue weighted by molar-refractivity contribution is 7.27. The molecule has 1 unspecified atom stereocenters. The van der Waals surface area contributed by atoms with Crippen molar-refractivity contribution >= 4 is 43.5 Å². The summed E-state index contributed by atoms with van der Waals surface area (Å²) in [6, 6.07) is 17.5. The summed E-state index contributed by atoms with van der Waals surface area (Å²) in [7, 11) is 4.26. The van der Waals surface area contributed by atoms with Gasteiger partial charge in [0.25, 0.3) is 5.56 Å². The van der Waals surface area contributed by atoms with Crippen molar-refractivity contribution in [2.75, 3.05) is 17.3 Å². The lowest BCUT2D eigenvalue weighted by Gasteiger charge is -2.23. The van der Waals surface area contributed by atoms with Crippen molar-refractivity contribution in [2.45, 2.75) is 26.8 Å². The minimum absolute atomic E-state index is 0.154. The Labute approximate surface area is 228 Å². The summed E-state index contributed by atoms with van der Waals surface area (Å²) < 4.78 is 21.2. The van der Waals surface area contributed by atoms with Crippen molar-refractivity contribution in [3.63, 3.8) is 0 Å². The van der Waals surface area contributed by atoms with Gasteiger partial charge in [0.2, 0.25) is 17.8 Å². The summed E-state index contributed by atoms with van der Waals surface area (Å²) in [5.74, 6) is 0.416. The summed E-state index contributed by atoms with van der Waals surface area (Å²) in [6.07, 6.45) is 4.71. The Morgan fingerprint density at radius 2 is 1.84 bits per heavy atom. The molecular formula is C28H28ClFN5O2P. The highest BCUT2D eigenvalue weighted by atomic mass is 35.5. The zero-order chi connectivity index (χ0) is 27.2. The fraction of sp³-hybridized carbons (Fsp3) is 0.179. The average Bonchev–Trinajstić information content (AvgIpc) is 2.86. The summed E-state index contributed by atoms with van der Waals surface area (Å²) in [6.45, 7) is 4.41. The maximum atomic E-state index is 13.6. The number of aromatic nitrogens is 3. The Hall–Kier alpha value is -3.74. The molecule has 1 atom stereocenters. The van der Waals surface area contributed by atoms with Crippen LogP contribution in [0.2, 0.25) is 5.02 Å². The molecule has 0 aliphatic rings. The van der Waals surface area contributed by atoms with Crippen molar-refractivity contribution in [3.8, 4) is 11.6 Å². The van der Waals surface area contributed by atoms with Crippen molar-refractivity contribution in [1.82, 2.24) is 14.5 Å². The van der Waals surface area contributed by atoms with E-state index in [-0.39, 0.29) is 11.4 Å². The van der Waals surface area contributed by atoms with Gasteiger partial charge in [-0.3, -0.25) is 4.79 Å². The molecule has 2 aromatic carbocycles. The number of nitrogens with zero attached hydrogens (tertiary/aromatic N) is 4. The minimum Gasteiger partial charge on any atom is -0.439 e. The Kier molecular flexibility index (Phi) is 8.77. The Morgan fingerprint density at radius 1 is 1.13 bits per heavy atom. The fourth-order valence-electron chi connectivity index (χ4n) is 3.86. The largest absolute Gasteiger partial charge is 0.439 e. The second-order valence-corrected chi connectivity index (χ2v) is 9.71. The van der Waals surface area contributed by atoms with E-state index in [0.717, 1.165) is 17.7 Å². The molecule has 0 aliphatic carbocycles. The van der Waals surface area contributed by atoms with Gasteiger partial charge in [0.05, 0.1) is 6.54 Å². The van der Waals surface area contributed by atoms with E-state index < -0.39 is 5.95 Å². The van der Waals surface area contributed by atoms with Crippen LogP contribution in [0.15, 0.2) is 77.7 Å². The van der Waals surface area contributed by atoms with E-state index in [1.54, 1.807) is 35.2 Å². The molecule has 0 saturated heterocycles. The number of ether oxygens (including phenoxy) is 1. The van der Waals surface area contributed by atoms with E-state index in [1.165, 1.54) is 6.07 Å². The molecule has 2 aromatic heterocycles. The molecule has 0 amide bonds. The molecule has 0 aliphatic heterocycles. The smallest absolute Gasteiger partial charge is 0.298 e. The van der Waals surface area contributed by atoms with Crippen LogP contribution in [0.4, 0.5) is 21.7 Å². The normalized spacial score (nSPS) is 11.1. The summed E-state index contributed by atoms with van der Waals surface area (Å²) in [4.78, 5) is 23.0. The van der Waals surface area contributed by atoms with Gasteiger partial charge in [-0.2, -0.15) is 14.4 Å². The third-order valence-corrected chi connectivity index (χ3v) is 6.30. The molecule has 0 saturated carbocycles. The van der Waals surface area contributed by atoms with Gasteiger partial charge in [0.1, 0.15) is 11.4 Å². The van der Waals surface area contributed by atoms with Crippen molar-refractivity contribution in [1.29, 1.82) is 0 Å². The van der Waals surface area contributed by atoms with E-state index >= 15 is 0 Å². The molecule has 4 aromatic rings. The van der Waals surface area contributed by atoms with Gasteiger partial charge in [-0.15, -0.1) is 9.24 Å². The fourth-order valence-corrected chi connectivity index (χ4v) is 4.26. The van der Waals surface area contributed by atoms with Crippen molar-refractivity contribution in [2.24, 2.45) is 0 Å². The summed E-state index contributed by atoms with van der Waals surface area (Å²) >= 11 is 6.08. The first kappa shape index (κ1) is 27.3. The molecule has 4 rings (SSSR count). The first-order chi connectivity index (χ1) is 18.2. The van der Waals surface area contributed by atoms with Crippen LogP contribution >= 0.6 is 20.8 Å². The number of hydrogen-bond donors (Lipinski definition) is 1. The predicted molar refractivity (Wildman–Crippen MR) is 155 cm³/mol. The maximum absolute atomic E-state index is 13.6. The lowest BCUT2D eigenvalue weighted by Crippen LogP contribution is -2.27. The number of allylic oxidation sites excluding steroid dienone is 1. The summed E-state index contributed by atoms with van der Waals surface area (Å²) in [5, 5.41) is 4.54. The highest BCUT2D eigenvalue weighted by Crippen LogP contribution is 2.25. The van der Waals surface area contributed by atoms with Crippen molar-refractivity contribution < 1.29 is 9.13 Å². The second kappa shape index (κ2) is 12.2. The van der Waals surface area contributed by atoms with Crippen LogP contribution in [0.25, 0.3) is 0 Å². The number of nitrogens with one attached hydrogen (secondary N) is 1. The SMILES string of the molecule is CC/C=C\N(C)c1c(C)n(Cc2ccc(Cl)cc2)c(Nc2ccc(Oc3cc(P)cc(F)n3)cc2)nc1=O. The average molecular weight is 552 g/mol. The Balaban J connectivity index is 1.66. The molecule has 1 N–H and O–H groups in total. The van der Waals surface area contributed by atoms with E-state index in [9.17, 15) is 9.18 Å². The number of halogens is 2. The van der Waals surface area contributed by atoms with Gasteiger partial charge >= 0.3 is 0 Å². The van der Waals surface area contributed by atoms with Crippen LogP contribution in [0, 0.1) is 12.9 Å². The van der Waals surface area contributed by atoms with Crippen LogP contribution in [-0.2, 0) is 6.54 Å². The van der Waals surface area contributed by atoms with Crippen LogP contribution in [0.5, 0.6) is 11.6 Å². The monoisotopic (exact) mass is 551 g/mol. The van der Waals surface area contributed by atoms with Gasteiger partial charge in [0, 0.05) is 35.6 Å². The molecule has 0 fully saturated rings. The van der Waals surface area contributed by atoms with E-state index in [1.807, 2.05) is 62.0 Å².